The monoisotopic (exact) mass is 344 g/mol. The number of ether oxygens (including phenoxy) is 1. The number of fused-ring (bicyclic) bond motifs is 1. The molecule has 2 aromatic rings. The van der Waals surface area contributed by atoms with E-state index in [1.165, 1.54) is 4.90 Å². The van der Waals surface area contributed by atoms with Gasteiger partial charge >= 0.3 is 5.97 Å². The highest BCUT2D eigenvalue weighted by Gasteiger charge is 2.24. The van der Waals surface area contributed by atoms with Gasteiger partial charge in [-0.15, -0.1) is 0 Å². The van der Waals surface area contributed by atoms with Crippen LogP contribution in [0.5, 0.6) is 0 Å². The largest absolute Gasteiger partial charge is 0.481 e. The van der Waals surface area contributed by atoms with Crippen LogP contribution in [0.2, 0.25) is 0 Å². The van der Waals surface area contributed by atoms with Crippen molar-refractivity contribution in [3.8, 4) is 0 Å². The van der Waals surface area contributed by atoms with E-state index in [0.717, 1.165) is 12.8 Å². The van der Waals surface area contributed by atoms with Crippen LogP contribution in [0.15, 0.2) is 35.1 Å². The molecule has 7 nitrogen and oxygen atoms in total. The van der Waals surface area contributed by atoms with Crippen LogP contribution in [0.4, 0.5) is 0 Å². The standard InChI is InChI=1S/C18H20N2O5/c21-16(22)7-8-20(11-13-5-3-9-25-13)18(24)15-10-12-4-1-2-6-14(12)17(23)19-15/h1-2,4,6,10,13H,3,5,7-9,11H2,(H,19,23)(H,21,22). The number of carbonyl (C=O) groups excluding carboxylic acids is 1. The fourth-order valence-corrected chi connectivity index (χ4v) is 3.04. The van der Waals surface area contributed by atoms with E-state index in [1.54, 1.807) is 30.3 Å². The first kappa shape index (κ1) is 17.2. The molecule has 1 fully saturated rings. The lowest BCUT2D eigenvalue weighted by molar-refractivity contribution is -0.137. The Morgan fingerprint density at radius 3 is 2.84 bits per heavy atom. The zero-order valence-corrected chi connectivity index (χ0v) is 13.7. The Labute approximate surface area is 144 Å². The van der Waals surface area contributed by atoms with E-state index in [4.69, 9.17) is 9.84 Å². The average molecular weight is 344 g/mol. The van der Waals surface area contributed by atoms with Crippen LogP contribution in [-0.4, -0.2) is 52.7 Å². The maximum Gasteiger partial charge on any atom is 0.305 e. The molecule has 1 aliphatic rings. The second-order valence-corrected chi connectivity index (χ2v) is 6.13. The van der Waals surface area contributed by atoms with E-state index in [2.05, 4.69) is 4.98 Å². The molecule has 25 heavy (non-hydrogen) atoms. The minimum Gasteiger partial charge on any atom is -0.481 e. The number of aromatic nitrogens is 1. The highest BCUT2D eigenvalue weighted by atomic mass is 16.5. The molecule has 1 atom stereocenters. The first-order chi connectivity index (χ1) is 12.0. The molecular weight excluding hydrogens is 324 g/mol. The van der Waals surface area contributed by atoms with Gasteiger partial charge in [-0.05, 0) is 30.4 Å². The zero-order chi connectivity index (χ0) is 17.8. The van der Waals surface area contributed by atoms with Crippen LogP contribution < -0.4 is 5.56 Å². The smallest absolute Gasteiger partial charge is 0.305 e. The summed E-state index contributed by atoms with van der Waals surface area (Å²) in [6.45, 7) is 1.04. The Balaban J connectivity index is 1.87. The van der Waals surface area contributed by atoms with Gasteiger partial charge in [0.15, 0.2) is 0 Å². The van der Waals surface area contributed by atoms with Crippen molar-refractivity contribution in [2.45, 2.75) is 25.4 Å². The Morgan fingerprint density at radius 2 is 2.12 bits per heavy atom. The van der Waals surface area contributed by atoms with Crippen molar-refractivity contribution in [3.05, 3.63) is 46.4 Å². The Kier molecular flexibility index (Phi) is 5.14. The number of benzene rings is 1. The summed E-state index contributed by atoms with van der Waals surface area (Å²) >= 11 is 0. The molecule has 0 aliphatic carbocycles. The van der Waals surface area contributed by atoms with Crippen LogP contribution in [0.1, 0.15) is 29.8 Å². The number of aliphatic carboxylic acids is 1. The molecule has 3 rings (SSSR count). The quantitative estimate of drug-likeness (QED) is 0.829. The highest BCUT2D eigenvalue weighted by Crippen LogP contribution is 2.16. The van der Waals surface area contributed by atoms with Gasteiger partial charge < -0.3 is 19.7 Å². The predicted molar refractivity (Wildman–Crippen MR) is 91.7 cm³/mol. The summed E-state index contributed by atoms with van der Waals surface area (Å²) in [4.78, 5) is 40.0. The summed E-state index contributed by atoms with van der Waals surface area (Å²) in [5.74, 6) is -1.36. The number of rotatable bonds is 6. The van der Waals surface area contributed by atoms with Crippen LogP contribution in [0.3, 0.4) is 0 Å². The number of H-pyrrole nitrogens is 1. The number of carbonyl (C=O) groups is 2. The Hall–Kier alpha value is -2.67. The van der Waals surface area contributed by atoms with Crippen molar-refractivity contribution >= 4 is 22.6 Å². The first-order valence-corrected chi connectivity index (χ1v) is 8.29. The van der Waals surface area contributed by atoms with Crippen LogP contribution in [-0.2, 0) is 9.53 Å². The number of aromatic amines is 1. The predicted octanol–water partition coefficient (Wildman–Crippen LogP) is 1.62. The number of carboxylic acid groups (broad SMARTS) is 1. The molecule has 7 heteroatoms. The number of pyridine rings is 1. The molecule has 1 aromatic heterocycles. The molecule has 2 heterocycles. The molecule has 0 radical (unpaired) electrons. The molecule has 0 saturated carbocycles. The van der Waals surface area contributed by atoms with Gasteiger partial charge in [0, 0.05) is 25.1 Å². The van der Waals surface area contributed by atoms with Crippen molar-refractivity contribution in [1.82, 2.24) is 9.88 Å². The number of nitrogens with one attached hydrogen (secondary N) is 1. The number of amides is 1. The van der Waals surface area contributed by atoms with Crippen molar-refractivity contribution in [3.63, 3.8) is 0 Å². The molecule has 1 amide bonds. The molecule has 1 saturated heterocycles. The minimum atomic E-state index is -0.975. The lowest BCUT2D eigenvalue weighted by Crippen LogP contribution is -2.39. The molecule has 0 spiro atoms. The van der Waals surface area contributed by atoms with Crippen molar-refractivity contribution in [2.75, 3.05) is 19.7 Å². The maximum absolute atomic E-state index is 12.8. The number of nitrogens with zero attached hydrogens (tertiary/aromatic N) is 1. The lowest BCUT2D eigenvalue weighted by Gasteiger charge is -2.25. The Bertz CT molecular complexity index is 839. The second-order valence-electron chi connectivity index (χ2n) is 6.13. The van der Waals surface area contributed by atoms with E-state index < -0.39 is 5.97 Å². The number of carboxylic acids is 1. The molecule has 132 valence electrons. The topological polar surface area (TPSA) is 99.7 Å². The van der Waals surface area contributed by atoms with Gasteiger partial charge in [-0.2, -0.15) is 0 Å². The van der Waals surface area contributed by atoms with E-state index in [9.17, 15) is 14.4 Å². The molecule has 0 bridgehead atoms. The molecular formula is C18H20N2O5. The van der Waals surface area contributed by atoms with Gasteiger partial charge in [0.05, 0.1) is 12.5 Å². The summed E-state index contributed by atoms with van der Waals surface area (Å²) in [6, 6.07) is 8.64. The van der Waals surface area contributed by atoms with E-state index in [-0.39, 0.29) is 36.2 Å². The summed E-state index contributed by atoms with van der Waals surface area (Å²) in [6.07, 6.45) is 1.52. The fraction of sp³-hybridized carbons (Fsp3) is 0.389. The highest BCUT2D eigenvalue weighted by molar-refractivity contribution is 5.96. The molecule has 1 unspecified atom stereocenters. The summed E-state index contributed by atoms with van der Waals surface area (Å²) < 4.78 is 5.56. The van der Waals surface area contributed by atoms with Gasteiger partial charge in [-0.25, -0.2) is 0 Å². The second kappa shape index (κ2) is 7.48. The van der Waals surface area contributed by atoms with E-state index in [1.807, 2.05) is 0 Å². The van der Waals surface area contributed by atoms with Crippen molar-refractivity contribution in [2.24, 2.45) is 0 Å². The normalized spacial score (nSPS) is 16.9. The average Bonchev–Trinajstić information content (AvgIpc) is 3.11. The van der Waals surface area contributed by atoms with Crippen molar-refractivity contribution < 1.29 is 19.4 Å². The van der Waals surface area contributed by atoms with Gasteiger partial charge in [-0.3, -0.25) is 14.4 Å². The van der Waals surface area contributed by atoms with E-state index >= 15 is 0 Å². The van der Waals surface area contributed by atoms with E-state index in [0.29, 0.717) is 23.9 Å². The summed E-state index contributed by atoms with van der Waals surface area (Å²) in [5, 5.41) is 10.1. The van der Waals surface area contributed by atoms with Crippen LogP contribution >= 0.6 is 0 Å². The molecule has 1 aromatic carbocycles. The SMILES string of the molecule is O=C(O)CCN(CC1CCCO1)C(=O)c1cc2ccccc2c(=O)[nH]1. The molecule has 2 N–H and O–H groups in total. The fourth-order valence-electron chi connectivity index (χ4n) is 3.04. The van der Waals surface area contributed by atoms with Crippen LogP contribution in [0.25, 0.3) is 10.8 Å². The van der Waals surface area contributed by atoms with Crippen molar-refractivity contribution in [1.29, 1.82) is 0 Å². The van der Waals surface area contributed by atoms with Gasteiger partial charge in [0.25, 0.3) is 11.5 Å². The zero-order valence-electron chi connectivity index (χ0n) is 13.7. The third kappa shape index (κ3) is 4.06. The lowest BCUT2D eigenvalue weighted by atomic mass is 10.1. The number of hydrogen-bond acceptors (Lipinski definition) is 4. The number of hydrogen-bond donors (Lipinski definition) is 2. The van der Waals surface area contributed by atoms with Gasteiger partial charge in [-0.1, -0.05) is 18.2 Å². The molecule has 1 aliphatic heterocycles. The third-order valence-corrected chi connectivity index (χ3v) is 4.31. The Morgan fingerprint density at radius 1 is 1.32 bits per heavy atom. The van der Waals surface area contributed by atoms with Gasteiger partial charge in [0.1, 0.15) is 5.69 Å². The minimum absolute atomic E-state index is 0.0723. The first-order valence-electron chi connectivity index (χ1n) is 8.29. The van der Waals surface area contributed by atoms with Crippen LogP contribution in [0, 0.1) is 0 Å². The summed E-state index contributed by atoms with van der Waals surface area (Å²) in [7, 11) is 0. The summed E-state index contributed by atoms with van der Waals surface area (Å²) in [5.41, 5.74) is -0.177. The maximum atomic E-state index is 12.8. The third-order valence-electron chi connectivity index (χ3n) is 4.31. The van der Waals surface area contributed by atoms with Gasteiger partial charge in [0.2, 0.25) is 0 Å².